The normalized spacial score (nSPS) is 17.9. The van der Waals surface area contributed by atoms with Gasteiger partial charge in [-0.05, 0) is 18.2 Å². The number of nitro groups is 1. The van der Waals surface area contributed by atoms with Crippen molar-refractivity contribution in [1.82, 2.24) is 9.21 Å². The molecule has 2 heterocycles. The summed E-state index contributed by atoms with van der Waals surface area (Å²) < 4.78 is 32.9. The van der Waals surface area contributed by atoms with Crippen LogP contribution in [0.2, 0.25) is 0 Å². The molecule has 32 heavy (non-hydrogen) atoms. The van der Waals surface area contributed by atoms with E-state index in [0.29, 0.717) is 39.4 Å². The highest BCUT2D eigenvalue weighted by atomic mass is 32.2. The zero-order valence-corrected chi connectivity index (χ0v) is 18.2. The maximum absolute atomic E-state index is 13.2. The van der Waals surface area contributed by atoms with E-state index < -0.39 is 14.9 Å². The quantitative estimate of drug-likeness (QED) is 0.492. The number of non-ortho nitro benzene ring substituents is 1. The smallest absolute Gasteiger partial charge is 0.271 e. The van der Waals surface area contributed by atoms with E-state index in [-0.39, 0.29) is 35.1 Å². The Hall–Kier alpha value is -3.02. The Morgan fingerprint density at radius 1 is 0.938 bits per heavy atom. The molecule has 170 valence electrons. The number of amides is 1. The fourth-order valence-electron chi connectivity index (χ4n) is 3.94. The number of hydrogen-bond donors (Lipinski definition) is 0. The maximum Gasteiger partial charge on any atom is 0.271 e. The largest absolute Gasteiger partial charge is 0.379 e. The zero-order valence-electron chi connectivity index (χ0n) is 17.4. The van der Waals surface area contributed by atoms with Crippen LogP contribution < -0.4 is 4.90 Å². The number of anilines is 1. The third kappa shape index (κ3) is 4.45. The van der Waals surface area contributed by atoms with Gasteiger partial charge in [0.1, 0.15) is 0 Å². The Bertz CT molecular complexity index is 1110. The molecule has 0 unspecified atom stereocenters. The Labute approximate surface area is 186 Å². The minimum Gasteiger partial charge on any atom is -0.379 e. The van der Waals surface area contributed by atoms with Crippen molar-refractivity contribution in [1.29, 1.82) is 0 Å². The molecule has 0 spiro atoms. The fraction of sp³-hybridized carbons (Fsp3) is 0.381. The number of hydrogen-bond acceptors (Lipinski definition) is 7. The van der Waals surface area contributed by atoms with Gasteiger partial charge in [0.05, 0.1) is 28.6 Å². The standard InChI is InChI=1S/C21H24N4O6S/c26-21(19-6-1-2-7-20(19)32(29,30)24-12-14-31-15-13-24)23-10-8-22(9-11-23)17-4-3-5-18(16-17)25(27)28/h1-7,16H,8-15H2. The van der Waals surface area contributed by atoms with Crippen molar-refractivity contribution in [2.24, 2.45) is 0 Å². The van der Waals surface area contributed by atoms with Gasteiger partial charge in [0.25, 0.3) is 11.6 Å². The minimum absolute atomic E-state index is 0.00742. The summed E-state index contributed by atoms with van der Waals surface area (Å²) >= 11 is 0. The molecule has 0 aromatic heterocycles. The molecule has 1 amide bonds. The van der Waals surface area contributed by atoms with Crippen molar-refractivity contribution in [3.63, 3.8) is 0 Å². The molecule has 4 rings (SSSR count). The van der Waals surface area contributed by atoms with Crippen LogP contribution in [0.4, 0.5) is 11.4 Å². The predicted octanol–water partition coefficient (Wildman–Crippen LogP) is 1.58. The molecule has 2 aliphatic rings. The lowest BCUT2D eigenvalue weighted by Crippen LogP contribution is -2.49. The number of benzene rings is 2. The molecule has 0 saturated carbocycles. The average molecular weight is 461 g/mol. The van der Waals surface area contributed by atoms with E-state index in [9.17, 15) is 23.3 Å². The van der Waals surface area contributed by atoms with Gasteiger partial charge < -0.3 is 14.5 Å². The third-order valence-electron chi connectivity index (χ3n) is 5.68. The molecule has 0 N–H and O–H groups in total. The number of carbonyl (C=O) groups is 1. The molecule has 2 aliphatic heterocycles. The van der Waals surface area contributed by atoms with Crippen LogP contribution in [-0.2, 0) is 14.8 Å². The van der Waals surface area contributed by atoms with Gasteiger partial charge in [-0.1, -0.05) is 18.2 Å². The number of rotatable bonds is 5. The van der Waals surface area contributed by atoms with E-state index in [1.165, 1.54) is 22.5 Å². The lowest BCUT2D eigenvalue weighted by molar-refractivity contribution is -0.384. The summed E-state index contributed by atoms with van der Waals surface area (Å²) in [5.74, 6) is -0.337. The van der Waals surface area contributed by atoms with Crippen molar-refractivity contribution in [2.45, 2.75) is 4.90 Å². The highest BCUT2D eigenvalue weighted by Crippen LogP contribution is 2.25. The van der Waals surface area contributed by atoms with Gasteiger partial charge in [-0.25, -0.2) is 8.42 Å². The Balaban J connectivity index is 1.50. The van der Waals surface area contributed by atoms with Gasteiger partial charge >= 0.3 is 0 Å². The second-order valence-corrected chi connectivity index (χ2v) is 9.48. The van der Waals surface area contributed by atoms with E-state index in [0.717, 1.165) is 5.69 Å². The number of carbonyl (C=O) groups excluding carboxylic acids is 1. The van der Waals surface area contributed by atoms with Gasteiger partial charge in [0, 0.05) is 57.1 Å². The first-order valence-electron chi connectivity index (χ1n) is 10.3. The van der Waals surface area contributed by atoms with E-state index in [1.807, 2.05) is 4.90 Å². The summed E-state index contributed by atoms with van der Waals surface area (Å²) in [5, 5.41) is 11.0. The maximum atomic E-state index is 13.2. The zero-order chi connectivity index (χ0) is 22.7. The van der Waals surface area contributed by atoms with E-state index in [4.69, 9.17) is 4.74 Å². The molecule has 2 fully saturated rings. The van der Waals surface area contributed by atoms with Crippen LogP contribution in [0.3, 0.4) is 0 Å². The van der Waals surface area contributed by atoms with Crippen molar-refractivity contribution in [3.8, 4) is 0 Å². The van der Waals surface area contributed by atoms with Crippen molar-refractivity contribution < 1.29 is 22.9 Å². The fourth-order valence-corrected chi connectivity index (χ4v) is 5.53. The van der Waals surface area contributed by atoms with Crippen molar-refractivity contribution >= 4 is 27.3 Å². The molecule has 0 aliphatic carbocycles. The Morgan fingerprint density at radius 3 is 2.31 bits per heavy atom. The van der Waals surface area contributed by atoms with Crippen LogP contribution in [0, 0.1) is 10.1 Å². The van der Waals surface area contributed by atoms with Crippen LogP contribution in [0.25, 0.3) is 0 Å². The second kappa shape index (κ2) is 9.23. The van der Waals surface area contributed by atoms with Crippen LogP contribution in [0.5, 0.6) is 0 Å². The monoisotopic (exact) mass is 460 g/mol. The molecule has 0 bridgehead atoms. The van der Waals surface area contributed by atoms with Gasteiger partial charge in [-0.15, -0.1) is 0 Å². The van der Waals surface area contributed by atoms with Crippen LogP contribution in [0.15, 0.2) is 53.4 Å². The van der Waals surface area contributed by atoms with Crippen LogP contribution >= 0.6 is 0 Å². The van der Waals surface area contributed by atoms with E-state index >= 15 is 0 Å². The molecule has 0 radical (unpaired) electrons. The molecular weight excluding hydrogens is 436 g/mol. The summed E-state index contributed by atoms with van der Waals surface area (Å²) in [6.45, 7) is 2.92. The second-order valence-electron chi connectivity index (χ2n) is 7.57. The topological polar surface area (TPSA) is 113 Å². The third-order valence-corrected chi connectivity index (χ3v) is 7.63. The first kappa shape index (κ1) is 22.2. The van der Waals surface area contributed by atoms with Crippen molar-refractivity contribution in [2.75, 3.05) is 57.4 Å². The van der Waals surface area contributed by atoms with Gasteiger partial charge in [-0.3, -0.25) is 14.9 Å². The Kier molecular flexibility index (Phi) is 6.40. The molecule has 10 nitrogen and oxygen atoms in total. The molecule has 0 atom stereocenters. The van der Waals surface area contributed by atoms with E-state index in [1.54, 1.807) is 35.2 Å². The molecule has 2 aromatic rings. The van der Waals surface area contributed by atoms with Gasteiger partial charge in [0.15, 0.2) is 0 Å². The predicted molar refractivity (Wildman–Crippen MR) is 117 cm³/mol. The SMILES string of the molecule is O=C(c1ccccc1S(=O)(=O)N1CCOCC1)N1CCN(c2cccc([N+](=O)[O-])c2)CC1. The summed E-state index contributed by atoms with van der Waals surface area (Å²) in [7, 11) is -3.81. The lowest BCUT2D eigenvalue weighted by Gasteiger charge is -2.36. The Morgan fingerprint density at radius 2 is 1.62 bits per heavy atom. The lowest BCUT2D eigenvalue weighted by atomic mass is 10.1. The minimum atomic E-state index is -3.81. The van der Waals surface area contributed by atoms with Crippen molar-refractivity contribution in [3.05, 3.63) is 64.2 Å². The highest BCUT2D eigenvalue weighted by molar-refractivity contribution is 7.89. The van der Waals surface area contributed by atoms with Crippen LogP contribution in [0.1, 0.15) is 10.4 Å². The number of ether oxygens (including phenoxy) is 1. The molecule has 2 saturated heterocycles. The number of piperazine rings is 1. The van der Waals surface area contributed by atoms with Crippen LogP contribution in [-0.4, -0.2) is 80.9 Å². The molecular formula is C21H24N4O6S. The summed E-state index contributed by atoms with van der Waals surface area (Å²) in [6, 6.07) is 12.7. The van der Waals surface area contributed by atoms with Gasteiger partial charge in [0.2, 0.25) is 10.0 Å². The number of morpholine rings is 1. The number of nitro benzene ring substituents is 1. The summed E-state index contributed by atoms with van der Waals surface area (Å²) in [5.41, 5.74) is 0.896. The highest BCUT2D eigenvalue weighted by Gasteiger charge is 2.32. The summed E-state index contributed by atoms with van der Waals surface area (Å²) in [6.07, 6.45) is 0. The molecule has 2 aromatic carbocycles. The van der Waals surface area contributed by atoms with E-state index in [2.05, 4.69) is 0 Å². The average Bonchev–Trinajstić information content (AvgIpc) is 2.84. The number of nitrogens with zero attached hydrogens (tertiary/aromatic N) is 4. The summed E-state index contributed by atoms with van der Waals surface area (Å²) in [4.78, 5) is 27.5. The molecule has 11 heteroatoms. The first-order chi connectivity index (χ1) is 15.4. The first-order valence-corrected chi connectivity index (χ1v) is 11.8. The van der Waals surface area contributed by atoms with Gasteiger partial charge in [-0.2, -0.15) is 4.31 Å². The number of sulfonamides is 1.